The lowest BCUT2D eigenvalue weighted by Crippen LogP contribution is -2.52. The first-order valence-electron chi connectivity index (χ1n) is 8.35. The molecule has 0 unspecified atom stereocenters. The second-order valence-electron chi connectivity index (χ2n) is 6.57. The number of thioether (sulfide) groups is 1. The van der Waals surface area contributed by atoms with Crippen molar-refractivity contribution in [1.29, 1.82) is 0 Å². The molecular formula is C19H22ClN5O2S. The van der Waals surface area contributed by atoms with Gasteiger partial charge in [0.1, 0.15) is 0 Å². The van der Waals surface area contributed by atoms with Crippen LogP contribution < -0.4 is 16.2 Å². The Balaban J connectivity index is 2.02. The average Bonchev–Trinajstić information content (AvgIpc) is 2.66. The Bertz CT molecular complexity index is 917. The van der Waals surface area contributed by atoms with Crippen LogP contribution in [-0.2, 0) is 5.54 Å². The number of amides is 3. The molecule has 1 aromatic carbocycles. The number of urea groups is 1. The molecule has 0 radical (unpaired) electrons. The van der Waals surface area contributed by atoms with Gasteiger partial charge in [-0.15, -0.1) is 0 Å². The van der Waals surface area contributed by atoms with E-state index in [4.69, 9.17) is 11.6 Å². The molecule has 2 aromatic rings. The Kier molecular flexibility index (Phi) is 7.04. The maximum Gasteiger partial charge on any atom is 0.334 e. The monoisotopic (exact) mass is 419 g/mol. The number of hydrogen-bond acceptors (Lipinski definition) is 5. The average molecular weight is 420 g/mol. The van der Waals surface area contributed by atoms with Crippen LogP contribution in [0.25, 0.3) is 5.57 Å². The van der Waals surface area contributed by atoms with E-state index in [1.807, 2.05) is 45.0 Å². The van der Waals surface area contributed by atoms with Gasteiger partial charge < -0.3 is 5.32 Å². The Morgan fingerprint density at radius 3 is 2.61 bits per heavy atom. The molecule has 1 aromatic heterocycles. The van der Waals surface area contributed by atoms with Gasteiger partial charge in [0, 0.05) is 0 Å². The van der Waals surface area contributed by atoms with Gasteiger partial charge >= 0.3 is 6.03 Å². The van der Waals surface area contributed by atoms with E-state index < -0.39 is 17.5 Å². The van der Waals surface area contributed by atoms with E-state index in [0.717, 1.165) is 16.7 Å². The van der Waals surface area contributed by atoms with Crippen molar-refractivity contribution in [2.75, 3.05) is 6.26 Å². The van der Waals surface area contributed by atoms with Crippen LogP contribution in [0, 0.1) is 0 Å². The van der Waals surface area contributed by atoms with Crippen molar-refractivity contribution in [2.45, 2.75) is 31.5 Å². The van der Waals surface area contributed by atoms with Crippen LogP contribution in [0.3, 0.4) is 0 Å². The third-order valence-electron chi connectivity index (χ3n) is 3.91. The van der Waals surface area contributed by atoms with Crippen LogP contribution in [0.5, 0.6) is 0 Å². The lowest BCUT2D eigenvalue weighted by atomic mass is 9.92. The molecule has 0 fully saturated rings. The van der Waals surface area contributed by atoms with E-state index >= 15 is 0 Å². The van der Waals surface area contributed by atoms with Gasteiger partial charge in [0.15, 0.2) is 10.9 Å². The van der Waals surface area contributed by atoms with Crippen LogP contribution in [0.2, 0.25) is 5.02 Å². The third kappa shape index (κ3) is 5.46. The molecule has 1 heterocycles. The molecule has 148 valence electrons. The molecule has 3 N–H and O–H groups in total. The SMILES string of the molecule is C=C(C)c1cccc(C(C)(C)NC(=O)NNC(=O)c2nc(SC)ncc2Cl)c1. The van der Waals surface area contributed by atoms with Crippen molar-refractivity contribution in [2.24, 2.45) is 0 Å². The molecule has 0 saturated carbocycles. The second kappa shape index (κ2) is 9.07. The molecule has 3 amide bonds. The number of carbonyl (C=O) groups excluding carboxylic acids is 2. The quantitative estimate of drug-likeness (QED) is 0.389. The van der Waals surface area contributed by atoms with E-state index in [9.17, 15) is 9.59 Å². The standard InChI is InChI=1S/C19H22ClN5O2S/c1-11(2)12-7-6-8-13(9-12)19(3,4)23-17(27)25-24-16(26)15-14(20)10-21-18(22-15)28-5/h6-10H,1H2,2-5H3,(H,24,26)(H2,23,25,27). The smallest absolute Gasteiger partial charge is 0.328 e. The highest BCUT2D eigenvalue weighted by molar-refractivity contribution is 7.98. The number of hydrazine groups is 1. The van der Waals surface area contributed by atoms with Crippen molar-refractivity contribution in [3.63, 3.8) is 0 Å². The fraction of sp³-hybridized carbons (Fsp3) is 0.263. The number of rotatable bonds is 5. The number of halogens is 1. The van der Waals surface area contributed by atoms with Gasteiger partial charge in [-0.2, -0.15) is 0 Å². The van der Waals surface area contributed by atoms with Gasteiger partial charge in [-0.1, -0.05) is 53.7 Å². The highest BCUT2D eigenvalue weighted by atomic mass is 35.5. The largest absolute Gasteiger partial charge is 0.334 e. The summed E-state index contributed by atoms with van der Waals surface area (Å²) in [6, 6.07) is 7.16. The molecular weight excluding hydrogens is 398 g/mol. The molecule has 0 aliphatic carbocycles. The zero-order valence-corrected chi connectivity index (χ0v) is 17.7. The number of hydrogen-bond donors (Lipinski definition) is 3. The topological polar surface area (TPSA) is 96.0 Å². The summed E-state index contributed by atoms with van der Waals surface area (Å²) in [4.78, 5) is 32.5. The highest BCUT2D eigenvalue weighted by Gasteiger charge is 2.24. The fourth-order valence-corrected chi connectivity index (χ4v) is 2.86. The third-order valence-corrected chi connectivity index (χ3v) is 4.75. The van der Waals surface area contributed by atoms with Gasteiger partial charge in [0.05, 0.1) is 16.8 Å². The van der Waals surface area contributed by atoms with Crippen LogP contribution in [0.1, 0.15) is 42.4 Å². The maximum absolute atomic E-state index is 12.3. The number of carbonyl (C=O) groups is 2. The van der Waals surface area contributed by atoms with Crippen LogP contribution in [0.15, 0.2) is 42.2 Å². The van der Waals surface area contributed by atoms with E-state index in [1.165, 1.54) is 18.0 Å². The lowest BCUT2D eigenvalue weighted by Gasteiger charge is -2.27. The maximum atomic E-state index is 12.3. The first-order chi connectivity index (χ1) is 13.1. The van der Waals surface area contributed by atoms with E-state index in [2.05, 4.69) is 32.7 Å². The Morgan fingerprint density at radius 2 is 1.96 bits per heavy atom. The second-order valence-corrected chi connectivity index (χ2v) is 7.75. The molecule has 7 nitrogen and oxygen atoms in total. The molecule has 0 aliphatic heterocycles. The van der Waals surface area contributed by atoms with Crippen LogP contribution >= 0.6 is 23.4 Å². The summed E-state index contributed by atoms with van der Waals surface area (Å²) in [7, 11) is 0. The van der Waals surface area contributed by atoms with Crippen molar-refractivity contribution < 1.29 is 9.59 Å². The summed E-state index contributed by atoms with van der Waals surface area (Å²) < 4.78 is 0. The Labute approximate surface area is 173 Å². The predicted molar refractivity (Wildman–Crippen MR) is 112 cm³/mol. The Morgan fingerprint density at radius 1 is 1.25 bits per heavy atom. The molecule has 0 spiro atoms. The first-order valence-corrected chi connectivity index (χ1v) is 9.95. The minimum atomic E-state index is -0.682. The zero-order chi connectivity index (χ0) is 20.9. The fourth-order valence-electron chi connectivity index (χ4n) is 2.34. The summed E-state index contributed by atoms with van der Waals surface area (Å²) >= 11 is 7.23. The van der Waals surface area contributed by atoms with Gasteiger partial charge in [-0.05, 0) is 44.2 Å². The zero-order valence-electron chi connectivity index (χ0n) is 16.1. The predicted octanol–water partition coefficient (Wildman–Crippen LogP) is 3.76. The Hall–Kier alpha value is -2.58. The normalized spacial score (nSPS) is 10.9. The van der Waals surface area contributed by atoms with E-state index in [1.54, 1.807) is 6.26 Å². The molecule has 0 aliphatic rings. The minimum Gasteiger partial charge on any atom is -0.328 e. The molecule has 2 rings (SSSR count). The molecule has 0 bridgehead atoms. The van der Waals surface area contributed by atoms with Gasteiger partial charge in [-0.25, -0.2) is 20.2 Å². The van der Waals surface area contributed by atoms with E-state index in [-0.39, 0.29) is 10.7 Å². The summed E-state index contributed by atoms with van der Waals surface area (Å²) in [5, 5.41) is 3.31. The molecule has 9 heteroatoms. The minimum absolute atomic E-state index is 0.0188. The highest BCUT2D eigenvalue weighted by Crippen LogP contribution is 2.23. The van der Waals surface area contributed by atoms with Crippen LogP contribution in [0.4, 0.5) is 4.79 Å². The van der Waals surface area contributed by atoms with Crippen molar-refractivity contribution in [3.8, 4) is 0 Å². The van der Waals surface area contributed by atoms with Gasteiger partial charge in [-0.3, -0.25) is 10.2 Å². The summed E-state index contributed by atoms with van der Waals surface area (Å²) in [6.45, 7) is 9.57. The summed E-state index contributed by atoms with van der Waals surface area (Å²) in [5.41, 5.74) is 6.73. The van der Waals surface area contributed by atoms with Crippen molar-refractivity contribution in [1.82, 2.24) is 26.1 Å². The summed E-state index contributed by atoms with van der Waals surface area (Å²) in [5.74, 6) is -0.639. The van der Waals surface area contributed by atoms with Crippen molar-refractivity contribution >= 4 is 40.9 Å². The number of benzene rings is 1. The number of nitrogens with zero attached hydrogens (tertiary/aromatic N) is 2. The number of allylic oxidation sites excluding steroid dienone is 1. The summed E-state index contributed by atoms with van der Waals surface area (Å²) in [6.07, 6.45) is 3.12. The lowest BCUT2D eigenvalue weighted by molar-refractivity contribution is 0.0929. The van der Waals surface area contributed by atoms with Crippen molar-refractivity contribution in [3.05, 3.63) is 58.9 Å². The molecule has 28 heavy (non-hydrogen) atoms. The van der Waals surface area contributed by atoms with Gasteiger partial charge in [0.2, 0.25) is 0 Å². The first kappa shape index (κ1) is 21.7. The molecule has 0 saturated heterocycles. The molecule has 0 atom stereocenters. The van der Waals surface area contributed by atoms with Gasteiger partial charge in [0.25, 0.3) is 5.91 Å². The van der Waals surface area contributed by atoms with Crippen LogP contribution in [-0.4, -0.2) is 28.2 Å². The number of aromatic nitrogens is 2. The van der Waals surface area contributed by atoms with E-state index in [0.29, 0.717) is 5.16 Å². The number of nitrogens with one attached hydrogen (secondary N) is 3.